The highest BCUT2D eigenvalue weighted by Crippen LogP contribution is 2.39. The molecule has 3 aliphatic carbocycles. The first kappa shape index (κ1) is 32.0. The Kier molecular flexibility index (Phi) is 10.3. The SMILES string of the molecule is CC/C=C(\CCCC1=NC(C2=CC=CCC2)C(C)CCC(C2=CCCCC2)N1)C1CC=C(n2c3ccccc3c3ccccc32)CC1. The first-order chi connectivity index (χ1) is 23.2. The van der Waals surface area contributed by atoms with Crippen LogP contribution in [0.2, 0.25) is 0 Å². The van der Waals surface area contributed by atoms with Gasteiger partial charge in [0.15, 0.2) is 0 Å². The lowest BCUT2D eigenvalue weighted by molar-refractivity contribution is 0.403. The van der Waals surface area contributed by atoms with Crippen molar-refractivity contribution in [1.29, 1.82) is 0 Å². The van der Waals surface area contributed by atoms with Crippen LogP contribution in [-0.2, 0) is 0 Å². The molecule has 4 unspecified atom stereocenters. The Balaban J connectivity index is 1.07. The molecule has 7 rings (SSSR count). The van der Waals surface area contributed by atoms with Crippen molar-refractivity contribution in [3.63, 3.8) is 0 Å². The Bertz CT molecular complexity index is 1690. The number of nitrogens with zero attached hydrogens (tertiary/aromatic N) is 2. The minimum absolute atomic E-state index is 0.317. The van der Waals surface area contributed by atoms with E-state index in [0.717, 1.165) is 38.5 Å². The Morgan fingerprint density at radius 1 is 0.894 bits per heavy atom. The van der Waals surface area contributed by atoms with Crippen LogP contribution in [-0.4, -0.2) is 22.5 Å². The van der Waals surface area contributed by atoms with Crippen molar-refractivity contribution in [1.82, 2.24) is 9.88 Å². The third-order valence-corrected chi connectivity index (χ3v) is 11.4. The predicted molar refractivity (Wildman–Crippen MR) is 203 cm³/mol. The Hall–Kier alpha value is -3.59. The van der Waals surface area contributed by atoms with Crippen molar-refractivity contribution in [2.24, 2.45) is 16.8 Å². The van der Waals surface area contributed by atoms with Crippen LogP contribution in [0.1, 0.15) is 110 Å². The minimum Gasteiger partial charge on any atom is -0.367 e. The number of aromatic nitrogens is 1. The summed E-state index contributed by atoms with van der Waals surface area (Å²) in [5.41, 5.74) is 9.00. The maximum absolute atomic E-state index is 5.57. The van der Waals surface area contributed by atoms with Gasteiger partial charge in [0.25, 0.3) is 0 Å². The molecule has 3 heteroatoms. The number of hydrogen-bond acceptors (Lipinski definition) is 2. The second-order valence-corrected chi connectivity index (χ2v) is 14.6. The summed E-state index contributed by atoms with van der Waals surface area (Å²) in [5.74, 6) is 2.50. The first-order valence-electron chi connectivity index (χ1n) is 18.9. The Labute approximate surface area is 283 Å². The molecule has 1 N–H and O–H groups in total. The van der Waals surface area contributed by atoms with E-state index in [9.17, 15) is 0 Å². The second-order valence-electron chi connectivity index (χ2n) is 14.6. The van der Waals surface area contributed by atoms with Crippen molar-refractivity contribution in [3.05, 3.63) is 102 Å². The average Bonchev–Trinajstić information content (AvgIpc) is 3.46. The van der Waals surface area contributed by atoms with Gasteiger partial charge in [-0.3, -0.25) is 4.99 Å². The van der Waals surface area contributed by atoms with E-state index in [-0.39, 0.29) is 0 Å². The number of allylic oxidation sites excluding steroid dienone is 8. The molecule has 0 radical (unpaired) electrons. The van der Waals surface area contributed by atoms with Gasteiger partial charge in [0.1, 0.15) is 0 Å². The van der Waals surface area contributed by atoms with Crippen LogP contribution in [0.4, 0.5) is 0 Å². The number of para-hydroxylation sites is 2. The summed E-state index contributed by atoms with van der Waals surface area (Å²) < 4.78 is 2.54. The predicted octanol–water partition coefficient (Wildman–Crippen LogP) is 11.9. The summed E-state index contributed by atoms with van der Waals surface area (Å²) in [6.07, 6.45) is 32.6. The van der Waals surface area contributed by atoms with E-state index in [0.29, 0.717) is 23.9 Å². The maximum atomic E-state index is 5.57. The summed E-state index contributed by atoms with van der Waals surface area (Å²) in [5, 5.41) is 6.77. The highest BCUT2D eigenvalue weighted by molar-refractivity contribution is 6.10. The molecule has 246 valence electrons. The lowest BCUT2D eigenvalue weighted by Crippen LogP contribution is -2.41. The third kappa shape index (κ3) is 7.15. The fourth-order valence-electron chi connectivity index (χ4n) is 8.89. The molecule has 2 aromatic carbocycles. The summed E-state index contributed by atoms with van der Waals surface area (Å²) in [6.45, 7) is 4.76. The molecular weight excluding hydrogens is 571 g/mol. The molecule has 4 aliphatic rings. The molecule has 1 aliphatic heterocycles. The number of benzene rings is 2. The largest absolute Gasteiger partial charge is 0.367 e. The van der Waals surface area contributed by atoms with E-state index in [1.165, 1.54) is 96.7 Å². The Morgan fingerprint density at radius 3 is 2.38 bits per heavy atom. The third-order valence-electron chi connectivity index (χ3n) is 11.4. The van der Waals surface area contributed by atoms with Gasteiger partial charge in [-0.1, -0.05) is 97.8 Å². The standard InChI is InChI=1S/C44H55N3/c1-3-15-33(34-27-29-37(30-28-34)47-41-23-12-10-21-38(41)39-22-11-13-24-42(39)47)20-14-25-43-45-40(35-16-6-4-7-17-35)31-26-32(2)44(46-43)36-18-8-5-9-19-36/h5,8,10-13,15-16,18,21-24,29,32,34,40,44H,3-4,6-7,9,14,17,19-20,25-28,30-31H2,1-2H3,(H,45,46)/b33-15+. The van der Waals surface area contributed by atoms with Crippen molar-refractivity contribution in [2.75, 3.05) is 0 Å². The van der Waals surface area contributed by atoms with Crippen molar-refractivity contribution in [2.45, 2.75) is 122 Å². The minimum atomic E-state index is 0.317. The molecule has 47 heavy (non-hydrogen) atoms. The van der Waals surface area contributed by atoms with Crippen molar-refractivity contribution in [3.8, 4) is 0 Å². The first-order valence-corrected chi connectivity index (χ1v) is 18.9. The van der Waals surface area contributed by atoms with E-state index in [1.807, 2.05) is 0 Å². The maximum Gasteiger partial charge on any atom is 0.0975 e. The van der Waals surface area contributed by atoms with Crippen LogP contribution >= 0.6 is 0 Å². The number of fused-ring (bicyclic) bond motifs is 3. The van der Waals surface area contributed by atoms with Gasteiger partial charge in [-0.2, -0.15) is 0 Å². The molecule has 0 spiro atoms. The van der Waals surface area contributed by atoms with E-state index in [4.69, 9.17) is 4.99 Å². The highest BCUT2D eigenvalue weighted by Gasteiger charge is 2.28. The van der Waals surface area contributed by atoms with Crippen LogP contribution in [0.15, 0.2) is 107 Å². The summed E-state index contributed by atoms with van der Waals surface area (Å²) in [4.78, 5) is 5.57. The fourth-order valence-corrected chi connectivity index (χ4v) is 8.89. The van der Waals surface area contributed by atoms with E-state index >= 15 is 0 Å². The summed E-state index contributed by atoms with van der Waals surface area (Å²) >= 11 is 0. The fraction of sp³-hybridized carbons (Fsp3) is 0.477. The zero-order chi connectivity index (χ0) is 32.0. The van der Waals surface area contributed by atoms with E-state index in [1.54, 1.807) is 11.1 Å². The van der Waals surface area contributed by atoms with Gasteiger partial charge in [-0.25, -0.2) is 0 Å². The molecule has 4 atom stereocenters. The number of amidine groups is 1. The van der Waals surface area contributed by atoms with Gasteiger partial charge < -0.3 is 9.88 Å². The normalized spacial score (nSPS) is 25.8. The molecule has 0 saturated carbocycles. The van der Waals surface area contributed by atoms with Crippen LogP contribution in [0.3, 0.4) is 0 Å². The average molecular weight is 626 g/mol. The van der Waals surface area contributed by atoms with E-state index < -0.39 is 0 Å². The number of aliphatic imine (C=N–C) groups is 1. The zero-order valence-corrected chi connectivity index (χ0v) is 28.9. The van der Waals surface area contributed by atoms with Crippen LogP contribution < -0.4 is 5.32 Å². The molecule has 0 saturated heterocycles. The number of nitrogens with one attached hydrogen (secondary N) is 1. The van der Waals surface area contributed by atoms with Crippen LogP contribution in [0, 0.1) is 11.8 Å². The molecule has 0 bridgehead atoms. The summed E-state index contributed by atoms with van der Waals surface area (Å²) in [7, 11) is 0. The number of hydrogen-bond donors (Lipinski definition) is 1. The van der Waals surface area contributed by atoms with Crippen LogP contribution in [0.5, 0.6) is 0 Å². The zero-order valence-electron chi connectivity index (χ0n) is 28.9. The van der Waals surface area contributed by atoms with Gasteiger partial charge >= 0.3 is 0 Å². The van der Waals surface area contributed by atoms with Crippen LogP contribution in [0.25, 0.3) is 27.5 Å². The molecule has 1 aromatic heterocycles. The molecular formula is C44H55N3. The Morgan fingerprint density at radius 2 is 1.70 bits per heavy atom. The molecule has 3 nitrogen and oxygen atoms in total. The smallest absolute Gasteiger partial charge is 0.0975 e. The highest BCUT2D eigenvalue weighted by atomic mass is 15.0. The summed E-state index contributed by atoms with van der Waals surface area (Å²) in [6, 6.07) is 18.6. The van der Waals surface area contributed by atoms with Gasteiger partial charge in [0.05, 0.1) is 22.9 Å². The van der Waals surface area contributed by atoms with Gasteiger partial charge in [0.2, 0.25) is 0 Å². The second kappa shape index (κ2) is 15.1. The molecule has 2 heterocycles. The van der Waals surface area contributed by atoms with Crippen molar-refractivity contribution >= 4 is 33.3 Å². The van der Waals surface area contributed by atoms with E-state index in [2.05, 4.69) is 109 Å². The number of rotatable bonds is 9. The van der Waals surface area contributed by atoms with Gasteiger partial charge in [-0.05, 0) is 119 Å². The topological polar surface area (TPSA) is 29.3 Å². The lowest BCUT2D eigenvalue weighted by atomic mass is 9.82. The quantitative estimate of drug-likeness (QED) is 0.236. The van der Waals surface area contributed by atoms with Gasteiger partial charge in [-0.15, -0.1) is 0 Å². The van der Waals surface area contributed by atoms with Gasteiger partial charge in [0, 0.05) is 28.9 Å². The molecule has 0 amide bonds. The lowest BCUT2D eigenvalue weighted by Gasteiger charge is -2.33. The monoisotopic (exact) mass is 625 g/mol. The van der Waals surface area contributed by atoms with Crippen molar-refractivity contribution < 1.29 is 0 Å². The molecule has 3 aromatic rings. The molecule has 0 fully saturated rings.